The van der Waals surface area contributed by atoms with Crippen LogP contribution >= 0.6 is 11.6 Å². The molecule has 0 radical (unpaired) electrons. The number of hydrogen-bond acceptors (Lipinski definition) is 3. The summed E-state index contributed by atoms with van der Waals surface area (Å²) < 4.78 is 0. The van der Waals surface area contributed by atoms with Crippen molar-refractivity contribution in [3.05, 3.63) is 33.1 Å². The Labute approximate surface area is 96.6 Å². The average molecular weight is 240 g/mol. The van der Waals surface area contributed by atoms with Crippen LogP contribution in [0.3, 0.4) is 0 Å². The van der Waals surface area contributed by atoms with E-state index >= 15 is 0 Å². The topological polar surface area (TPSA) is 71.8 Å². The summed E-state index contributed by atoms with van der Waals surface area (Å²) in [6, 6.07) is 2.92. The Kier molecular flexibility index (Phi) is 2.55. The smallest absolute Gasteiger partial charge is 0.290 e. The molecule has 6 heteroatoms. The van der Waals surface area contributed by atoms with Crippen molar-refractivity contribution in [2.24, 2.45) is 0 Å². The lowest BCUT2D eigenvalue weighted by molar-refractivity contribution is -0.384. The summed E-state index contributed by atoms with van der Waals surface area (Å²) in [5.41, 5.74) is 1.19. The van der Waals surface area contributed by atoms with Crippen LogP contribution in [0.4, 0.5) is 5.69 Å². The summed E-state index contributed by atoms with van der Waals surface area (Å²) in [5.74, 6) is 1.04. The van der Waals surface area contributed by atoms with Crippen LogP contribution in [-0.2, 0) is 0 Å². The molecule has 0 fully saturated rings. The Morgan fingerprint density at radius 2 is 2.19 bits per heavy atom. The fraction of sp³-hybridized carbons (Fsp3) is 0.300. The maximum atomic E-state index is 10.7. The van der Waals surface area contributed by atoms with Gasteiger partial charge in [-0.2, -0.15) is 0 Å². The zero-order valence-corrected chi connectivity index (χ0v) is 9.58. The van der Waals surface area contributed by atoms with Gasteiger partial charge in [0.2, 0.25) is 0 Å². The van der Waals surface area contributed by atoms with E-state index in [1.165, 1.54) is 12.1 Å². The molecule has 84 valence electrons. The van der Waals surface area contributed by atoms with E-state index < -0.39 is 4.92 Å². The van der Waals surface area contributed by atoms with Gasteiger partial charge in [-0.05, 0) is 6.07 Å². The van der Waals surface area contributed by atoms with Gasteiger partial charge in [-0.3, -0.25) is 10.1 Å². The number of H-pyrrole nitrogens is 1. The third kappa shape index (κ3) is 1.74. The Bertz CT molecular complexity index is 562. The van der Waals surface area contributed by atoms with Gasteiger partial charge in [-0.1, -0.05) is 25.4 Å². The third-order valence-corrected chi connectivity index (χ3v) is 2.62. The molecule has 5 nitrogen and oxygen atoms in total. The van der Waals surface area contributed by atoms with E-state index in [0.717, 1.165) is 5.82 Å². The van der Waals surface area contributed by atoms with E-state index in [4.69, 9.17) is 11.6 Å². The first kappa shape index (κ1) is 10.9. The summed E-state index contributed by atoms with van der Waals surface area (Å²) >= 11 is 5.79. The summed E-state index contributed by atoms with van der Waals surface area (Å²) in [4.78, 5) is 17.5. The zero-order valence-electron chi connectivity index (χ0n) is 8.82. The van der Waals surface area contributed by atoms with E-state index in [-0.39, 0.29) is 16.6 Å². The second-order valence-electron chi connectivity index (χ2n) is 3.85. The van der Waals surface area contributed by atoms with Crippen molar-refractivity contribution in [3.8, 4) is 0 Å². The zero-order chi connectivity index (χ0) is 11.9. The number of nitro benzene ring substituents is 1. The van der Waals surface area contributed by atoms with Gasteiger partial charge in [0.1, 0.15) is 10.8 Å². The number of nitro groups is 1. The maximum Gasteiger partial charge on any atom is 0.290 e. The summed E-state index contributed by atoms with van der Waals surface area (Å²) in [6.07, 6.45) is 0. The standard InChI is InChI=1S/C10H10ClN3O2/c1-5(2)10-12-7-3-6(11)9(14(15)16)4-8(7)13-10/h3-5H,1-2H3,(H,12,13). The molecule has 1 N–H and O–H groups in total. The highest BCUT2D eigenvalue weighted by Crippen LogP contribution is 2.29. The summed E-state index contributed by atoms with van der Waals surface area (Å²) in [5, 5.41) is 10.8. The fourth-order valence-corrected chi connectivity index (χ4v) is 1.68. The number of benzene rings is 1. The van der Waals surface area contributed by atoms with E-state index in [0.29, 0.717) is 11.0 Å². The molecule has 0 aliphatic rings. The van der Waals surface area contributed by atoms with Gasteiger partial charge in [0.15, 0.2) is 0 Å². The quantitative estimate of drug-likeness (QED) is 0.646. The van der Waals surface area contributed by atoms with Crippen LogP contribution in [-0.4, -0.2) is 14.9 Å². The molecule has 16 heavy (non-hydrogen) atoms. The van der Waals surface area contributed by atoms with Gasteiger partial charge in [0, 0.05) is 12.0 Å². The highest BCUT2D eigenvalue weighted by atomic mass is 35.5. The number of aromatic amines is 1. The molecule has 1 heterocycles. The van der Waals surface area contributed by atoms with E-state index in [1.807, 2.05) is 13.8 Å². The van der Waals surface area contributed by atoms with Gasteiger partial charge in [-0.15, -0.1) is 0 Å². The molecule has 1 aromatic heterocycles. The van der Waals surface area contributed by atoms with Gasteiger partial charge < -0.3 is 4.98 Å². The highest BCUT2D eigenvalue weighted by Gasteiger charge is 2.16. The molecule has 0 saturated carbocycles. The number of halogens is 1. The number of fused-ring (bicyclic) bond motifs is 1. The largest absolute Gasteiger partial charge is 0.342 e. The van der Waals surface area contributed by atoms with Gasteiger partial charge in [0.25, 0.3) is 5.69 Å². The highest BCUT2D eigenvalue weighted by molar-refractivity contribution is 6.33. The molecule has 0 amide bonds. The first-order chi connectivity index (χ1) is 7.49. The number of aromatic nitrogens is 2. The van der Waals surface area contributed by atoms with Crippen LogP contribution in [0.15, 0.2) is 12.1 Å². The van der Waals surface area contributed by atoms with Gasteiger partial charge >= 0.3 is 0 Å². The molecule has 0 saturated heterocycles. The van der Waals surface area contributed by atoms with Crippen LogP contribution in [0.25, 0.3) is 11.0 Å². The fourth-order valence-electron chi connectivity index (χ4n) is 1.45. The van der Waals surface area contributed by atoms with Crippen molar-refractivity contribution >= 4 is 28.3 Å². The van der Waals surface area contributed by atoms with Gasteiger partial charge in [-0.25, -0.2) is 4.98 Å². The lowest BCUT2D eigenvalue weighted by Gasteiger charge is -1.95. The Hall–Kier alpha value is -1.62. The molecule has 0 aliphatic carbocycles. The van der Waals surface area contributed by atoms with Crippen molar-refractivity contribution in [2.45, 2.75) is 19.8 Å². The van der Waals surface area contributed by atoms with Crippen LogP contribution in [0.5, 0.6) is 0 Å². The van der Waals surface area contributed by atoms with E-state index in [2.05, 4.69) is 9.97 Å². The van der Waals surface area contributed by atoms with E-state index in [1.54, 1.807) is 0 Å². The minimum Gasteiger partial charge on any atom is -0.342 e. The lowest BCUT2D eigenvalue weighted by Crippen LogP contribution is -1.89. The van der Waals surface area contributed by atoms with Crippen LogP contribution < -0.4 is 0 Å². The molecule has 2 aromatic rings. The van der Waals surface area contributed by atoms with E-state index in [9.17, 15) is 10.1 Å². The maximum absolute atomic E-state index is 10.7. The predicted octanol–water partition coefficient (Wildman–Crippen LogP) is 3.25. The van der Waals surface area contributed by atoms with Crippen molar-refractivity contribution in [2.75, 3.05) is 0 Å². The minimum absolute atomic E-state index is 0.104. The van der Waals surface area contributed by atoms with Crippen LogP contribution in [0.2, 0.25) is 5.02 Å². The van der Waals surface area contributed by atoms with Crippen molar-refractivity contribution in [1.29, 1.82) is 0 Å². The number of imidazole rings is 1. The van der Waals surface area contributed by atoms with Gasteiger partial charge in [0.05, 0.1) is 16.0 Å². The Balaban J connectivity index is 2.65. The number of rotatable bonds is 2. The molecule has 0 unspecified atom stereocenters. The molecular weight excluding hydrogens is 230 g/mol. The summed E-state index contributed by atoms with van der Waals surface area (Å²) in [7, 11) is 0. The normalized spacial score (nSPS) is 11.2. The van der Waals surface area contributed by atoms with Crippen molar-refractivity contribution in [1.82, 2.24) is 9.97 Å². The number of nitrogens with zero attached hydrogens (tertiary/aromatic N) is 2. The number of nitrogens with one attached hydrogen (secondary N) is 1. The first-order valence-electron chi connectivity index (χ1n) is 4.82. The monoisotopic (exact) mass is 239 g/mol. The van der Waals surface area contributed by atoms with Crippen molar-refractivity contribution in [3.63, 3.8) is 0 Å². The SMILES string of the molecule is CC(C)c1nc2cc(Cl)c([N+](=O)[O-])cc2[nH]1. The predicted molar refractivity (Wildman–Crippen MR) is 61.8 cm³/mol. The van der Waals surface area contributed by atoms with Crippen molar-refractivity contribution < 1.29 is 4.92 Å². The van der Waals surface area contributed by atoms with Crippen LogP contribution in [0, 0.1) is 10.1 Å². The molecule has 0 atom stereocenters. The molecule has 1 aromatic carbocycles. The average Bonchev–Trinajstić information content (AvgIpc) is 2.58. The molecular formula is C10H10ClN3O2. The lowest BCUT2D eigenvalue weighted by atomic mass is 10.2. The number of hydrogen-bond donors (Lipinski definition) is 1. The second-order valence-corrected chi connectivity index (χ2v) is 4.26. The Morgan fingerprint density at radius 3 is 2.75 bits per heavy atom. The molecule has 2 rings (SSSR count). The molecule has 0 bridgehead atoms. The Morgan fingerprint density at radius 1 is 1.50 bits per heavy atom. The van der Waals surface area contributed by atoms with Crippen LogP contribution in [0.1, 0.15) is 25.6 Å². The first-order valence-corrected chi connectivity index (χ1v) is 5.20. The minimum atomic E-state index is -0.502. The molecule has 0 aliphatic heterocycles. The molecule has 0 spiro atoms. The third-order valence-electron chi connectivity index (χ3n) is 2.31. The summed E-state index contributed by atoms with van der Waals surface area (Å²) in [6.45, 7) is 3.99. The second kappa shape index (κ2) is 3.75.